The Balaban J connectivity index is 0.000000168. The molecule has 2 aromatic rings. The molecule has 3 N–H and O–H groups in total. The van der Waals surface area contributed by atoms with Gasteiger partial charge in [0.15, 0.2) is 23.1 Å². The fraction of sp³-hybridized carbons (Fsp3) is 0.696. The van der Waals surface area contributed by atoms with Crippen molar-refractivity contribution in [2.75, 3.05) is 166 Å². The number of hydrogen-bond donors (Lipinski definition) is 3. The first-order valence-corrected chi connectivity index (χ1v) is 44.8. The summed E-state index contributed by atoms with van der Waals surface area (Å²) < 4.78 is 77.6. The number of ketones is 4. The van der Waals surface area contributed by atoms with Crippen LogP contribution in [0.4, 0.5) is 35.2 Å². The second kappa shape index (κ2) is 32.2. The van der Waals surface area contributed by atoms with Crippen molar-refractivity contribution in [1.29, 1.82) is 0 Å². The van der Waals surface area contributed by atoms with Crippen LogP contribution < -0.4 is 29.4 Å². The van der Waals surface area contributed by atoms with E-state index in [0.717, 1.165) is 191 Å². The third-order valence-corrected chi connectivity index (χ3v) is 26.4. The number of carbonyl (C=O) groups is 4. The molecule has 0 spiro atoms. The van der Waals surface area contributed by atoms with Crippen LogP contribution in [0, 0.1) is 69.0 Å². The summed E-state index contributed by atoms with van der Waals surface area (Å²) in [4.78, 5) is 92.2. The van der Waals surface area contributed by atoms with Crippen molar-refractivity contribution in [3.63, 3.8) is 0 Å². The van der Waals surface area contributed by atoms with Gasteiger partial charge in [0.05, 0.1) is 31.9 Å². The van der Waals surface area contributed by atoms with E-state index in [4.69, 9.17) is 33.6 Å². The van der Waals surface area contributed by atoms with Gasteiger partial charge >= 0.3 is 0 Å². The molecule has 107 heavy (non-hydrogen) atoms. The van der Waals surface area contributed by atoms with Gasteiger partial charge in [-0.2, -0.15) is 45.2 Å². The standard InChI is InChI=1S/2C38H52N6O2.3CH4O3S/c2*1-26-22-31-29-9-8-27-23-28(45)10-12-37(27,2)30(29)11-13-38(31,3)35(26)32(46)25-41-18-20-43(21-19-41)34-24-33(42-14-4-5-15-42)39-36(40-34)44-16-6-7-17-44;3*1-5(2,3)4/h2*10-12,23-24,26,29,31,35H,4-9,13-22,25H2,1-3H3;3*1H3,(H,2,3,4)/t2*26-,29-,31+,35-,37+,38+;;;/m11.../s1. The lowest BCUT2D eigenvalue weighted by atomic mass is 9.52. The predicted octanol–water partition coefficient (Wildman–Crippen LogP) is 9.43. The zero-order chi connectivity index (χ0) is 76.8. The first-order chi connectivity index (χ1) is 50.5. The van der Waals surface area contributed by atoms with Crippen LogP contribution in [0.15, 0.2) is 83.0 Å². The molecule has 0 radical (unpaired) electrons. The molecule has 10 fully saturated rings. The molecule has 588 valence electrons. The quantitative estimate of drug-likeness (QED) is 0.132. The van der Waals surface area contributed by atoms with E-state index in [1.807, 2.05) is 12.2 Å². The van der Waals surface area contributed by atoms with Crippen molar-refractivity contribution in [3.05, 3.63) is 83.0 Å². The Morgan fingerprint density at radius 2 is 0.729 bits per heavy atom. The summed E-state index contributed by atoms with van der Waals surface area (Å²) in [7, 11) is -11.0. The largest absolute Gasteiger partial charge is 0.356 e. The molecule has 0 bridgehead atoms. The highest BCUT2D eigenvalue weighted by molar-refractivity contribution is 7.85. The van der Waals surface area contributed by atoms with Gasteiger partial charge in [-0.3, -0.25) is 42.6 Å². The van der Waals surface area contributed by atoms with Crippen molar-refractivity contribution in [2.24, 2.45) is 69.0 Å². The van der Waals surface area contributed by atoms with E-state index in [0.29, 0.717) is 78.9 Å². The number of hydrogen-bond acceptors (Lipinski definition) is 22. The second-order valence-electron chi connectivity index (χ2n) is 34.0. The molecule has 8 aliphatic carbocycles. The molecule has 2 aromatic heterocycles. The second-order valence-corrected chi connectivity index (χ2v) is 38.4. The monoisotopic (exact) mass is 1540 g/mol. The molecule has 6 saturated heterocycles. The number of rotatable bonds is 12. The summed E-state index contributed by atoms with van der Waals surface area (Å²) in [5.41, 5.74) is 5.36. The van der Waals surface area contributed by atoms with Crippen LogP contribution in [0.3, 0.4) is 0 Å². The summed E-state index contributed by atoms with van der Waals surface area (Å²) in [6.07, 6.45) is 36.9. The van der Waals surface area contributed by atoms with Crippen LogP contribution in [0.25, 0.3) is 0 Å². The molecule has 8 heterocycles. The van der Waals surface area contributed by atoms with Crippen molar-refractivity contribution in [1.82, 2.24) is 29.7 Å². The van der Waals surface area contributed by atoms with Crippen LogP contribution in [-0.2, 0) is 49.5 Å². The zero-order valence-corrected chi connectivity index (χ0v) is 66.9. The molecule has 0 amide bonds. The molecule has 25 nitrogen and oxygen atoms in total. The lowest BCUT2D eigenvalue weighted by molar-refractivity contribution is -0.130. The van der Waals surface area contributed by atoms with E-state index in [2.05, 4.69) is 117 Å². The summed E-state index contributed by atoms with van der Waals surface area (Å²) in [6, 6.07) is 4.42. The molecular formula is C79H116N12O13S3. The topological polar surface area (TPSA) is 309 Å². The third kappa shape index (κ3) is 18.4. The van der Waals surface area contributed by atoms with Crippen LogP contribution in [0.2, 0.25) is 0 Å². The Morgan fingerprint density at radius 1 is 0.449 bits per heavy atom. The minimum Gasteiger partial charge on any atom is -0.356 e. The predicted molar refractivity (Wildman–Crippen MR) is 419 cm³/mol. The average Bonchev–Trinajstić information content (AvgIpc) is 1.65. The SMILES string of the molecule is CS(=O)(=O)O.CS(=O)(=O)O.CS(=O)(=O)O.C[C@@H]1C[C@H]2[C@@H]3CCC4=CC(=O)C=C[C@]4(C)C3=CC[C@]2(C)[C@H]1C(=O)CN1CCN(c2cc(N3CCCC3)nc(N3CCCC3)n2)CC1.C[C@@H]1C[C@H]2[C@@H]3CCC4=CC(=O)C=C[C@]4(C)C3=CC[C@]2(C)[C@H]1C(=O)CN1CCN(c2cc(N3CCCC3)nc(N3CCCC3)n2)CC1. The minimum absolute atomic E-state index is 0.0111. The van der Waals surface area contributed by atoms with Gasteiger partial charge in [-0.1, -0.05) is 74.3 Å². The number of Topliss-reactive ketones (excluding diaryl/α,β-unsaturated/α-hetero) is 2. The Morgan fingerprint density at radius 3 is 1.03 bits per heavy atom. The summed E-state index contributed by atoms with van der Waals surface area (Å²) in [6.45, 7) is 30.9. The number of aromatic nitrogens is 4. The number of carbonyl (C=O) groups excluding carboxylic acids is 4. The van der Waals surface area contributed by atoms with Gasteiger partial charge in [-0.15, -0.1) is 0 Å². The Hall–Kier alpha value is -6.27. The van der Waals surface area contributed by atoms with Gasteiger partial charge in [-0.05, 0) is 187 Å². The summed E-state index contributed by atoms with van der Waals surface area (Å²) >= 11 is 0. The van der Waals surface area contributed by atoms with Crippen LogP contribution in [0.1, 0.15) is 144 Å². The van der Waals surface area contributed by atoms with E-state index in [1.165, 1.54) is 73.7 Å². The minimum atomic E-state index is -3.67. The van der Waals surface area contributed by atoms with Gasteiger partial charge in [-0.25, -0.2) is 0 Å². The molecule has 16 rings (SSSR count). The van der Waals surface area contributed by atoms with E-state index in [-0.39, 0.29) is 45.1 Å². The average molecular weight is 1540 g/mol. The molecule has 0 unspecified atom stereocenters. The molecule has 6 aliphatic heterocycles. The lowest BCUT2D eigenvalue weighted by Crippen LogP contribution is -2.51. The maximum atomic E-state index is 14.2. The van der Waals surface area contributed by atoms with E-state index in [1.54, 1.807) is 12.2 Å². The number of allylic oxidation sites excluding steroid dienone is 12. The zero-order valence-electron chi connectivity index (χ0n) is 64.4. The molecule has 12 atom stereocenters. The maximum absolute atomic E-state index is 14.2. The van der Waals surface area contributed by atoms with Gasteiger partial charge in [0, 0.05) is 140 Å². The molecular weight excluding hydrogens is 1420 g/mol. The first-order valence-electron chi connectivity index (χ1n) is 39.3. The molecule has 4 saturated carbocycles. The highest BCUT2D eigenvalue weighted by Gasteiger charge is 2.61. The van der Waals surface area contributed by atoms with Crippen molar-refractivity contribution < 1.29 is 58.1 Å². The van der Waals surface area contributed by atoms with Gasteiger partial charge in [0.25, 0.3) is 30.4 Å². The normalized spacial score (nSPS) is 32.6. The maximum Gasteiger partial charge on any atom is 0.261 e. The van der Waals surface area contributed by atoms with E-state index in [9.17, 15) is 44.4 Å². The number of fused-ring (bicyclic) bond motifs is 10. The van der Waals surface area contributed by atoms with Crippen molar-refractivity contribution in [3.8, 4) is 0 Å². The lowest BCUT2D eigenvalue weighted by Gasteiger charge is -2.52. The van der Waals surface area contributed by atoms with Crippen LogP contribution in [0.5, 0.6) is 0 Å². The fourth-order valence-corrected chi connectivity index (χ4v) is 21.5. The van der Waals surface area contributed by atoms with Crippen LogP contribution in [-0.4, -0.2) is 228 Å². The number of nitrogens with zero attached hydrogens (tertiary/aromatic N) is 12. The Bertz CT molecular complexity index is 3840. The highest BCUT2D eigenvalue weighted by atomic mass is 32.2. The highest BCUT2D eigenvalue weighted by Crippen LogP contribution is 2.67. The summed E-state index contributed by atoms with van der Waals surface area (Å²) in [5, 5.41) is 0. The van der Waals surface area contributed by atoms with Crippen molar-refractivity contribution in [2.45, 2.75) is 144 Å². The number of anilines is 6. The Kier molecular flexibility index (Phi) is 24.2. The van der Waals surface area contributed by atoms with Crippen molar-refractivity contribution >= 4 is 88.7 Å². The first kappa shape index (κ1) is 80.3. The Labute approximate surface area is 635 Å². The third-order valence-electron chi connectivity index (χ3n) is 26.4. The van der Waals surface area contributed by atoms with Gasteiger partial charge in [0.1, 0.15) is 23.3 Å². The van der Waals surface area contributed by atoms with Gasteiger partial charge < -0.3 is 29.4 Å². The van der Waals surface area contributed by atoms with E-state index >= 15 is 0 Å². The van der Waals surface area contributed by atoms with Gasteiger partial charge in [0.2, 0.25) is 11.9 Å². The smallest absolute Gasteiger partial charge is 0.261 e. The molecule has 28 heteroatoms. The molecule has 14 aliphatic rings. The summed E-state index contributed by atoms with van der Waals surface area (Å²) in [5.74, 6) is 10.3. The van der Waals surface area contributed by atoms with Crippen LogP contribution >= 0.6 is 0 Å². The van der Waals surface area contributed by atoms with E-state index < -0.39 is 30.4 Å². The molecule has 0 aromatic carbocycles. The number of piperazine rings is 2. The fourth-order valence-electron chi connectivity index (χ4n) is 21.5.